The molecule has 1 N–H and O–H groups in total. The van der Waals surface area contributed by atoms with Crippen LogP contribution < -0.4 is 5.32 Å². The molecule has 1 aromatic rings. The van der Waals surface area contributed by atoms with Crippen molar-refractivity contribution < 1.29 is 41.0 Å². The molecular formula is C15H16ClF5N2O4. The summed E-state index contributed by atoms with van der Waals surface area (Å²) < 4.78 is 76.8. The summed E-state index contributed by atoms with van der Waals surface area (Å²) in [6, 6.07) is -0.665. The van der Waals surface area contributed by atoms with Gasteiger partial charge in [0.15, 0.2) is 5.69 Å². The summed E-state index contributed by atoms with van der Waals surface area (Å²) in [6.07, 6.45) is -5.32. The second kappa shape index (κ2) is 8.24. The van der Waals surface area contributed by atoms with Gasteiger partial charge in [0, 0.05) is 6.04 Å². The fourth-order valence-corrected chi connectivity index (χ4v) is 2.27. The lowest BCUT2D eigenvalue weighted by Gasteiger charge is -2.23. The second-order valence-corrected chi connectivity index (χ2v) is 5.92. The first-order chi connectivity index (χ1) is 12.3. The highest BCUT2D eigenvalue weighted by Crippen LogP contribution is 2.43. The van der Waals surface area contributed by atoms with Crippen molar-refractivity contribution in [3.8, 4) is 0 Å². The molecule has 0 aromatic carbocycles. The molecule has 152 valence electrons. The number of nitrogens with zero attached hydrogens (tertiary/aromatic N) is 1. The Morgan fingerprint density at radius 1 is 1.11 bits per heavy atom. The van der Waals surface area contributed by atoms with Crippen LogP contribution in [0.3, 0.4) is 0 Å². The Kier molecular flexibility index (Phi) is 6.98. The Bertz CT molecular complexity index is 732. The van der Waals surface area contributed by atoms with Gasteiger partial charge < -0.3 is 14.8 Å². The van der Waals surface area contributed by atoms with Gasteiger partial charge in [0.25, 0.3) is 0 Å². The monoisotopic (exact) mass is 418 g/mol. The molecule has 0 aliphatic carbocycles. The van der Waals surface area contributed by atoms with E-state index in [1.165, 1.54) is 20.8 Å². The lowest BCUT2D eigenvalue weighted by Crippen LogP contribution is -2.28. The lowest BCUT2D eigenvalue weighted by atomic mass is 10.0. The molecule has 1 heterocycles. The van der Waals surface area contributed by atoms with Gasteiger partial charge in [-0.1, -0.05) is 0 Å². The molecule has 0 saturated heterocycles. The van der Waals surface area contributed by atoms with Crippen LogP contribution in [0.4, 0.5) is 27.6 Å². The van der Waals surface area contributed by atoms with Crippen LogP contribution in [0.5, 0.6) is 0 Å². The normalized spacial score (nSPS) is 12.1. The third-order valence-electron chi connectivity index (χ3n) is 3.04. The first-order valence-corrected chi connectivity index (χ1v) is 7.87. The van der Waals surface area contributed by atoms with E-state index in [1.807, 2.05) is 0 Å². The second-order valence-electron chi connectivity index (χ2n) is 5.44. The van der Waals surface area contributed by atoms with Gasteiger partial charge in [-0.25, -0.2) is 14.6 Å². The average molecular weight is 419 g/mol. The lowest BCUT2D eigenvalue weighted by molar-refractivity contribution is -0.142. The largest absolute Gasteiger partial charge is 0.465 e. The van der Waals surface area contributed by atoms with Crippen molar-refractivity contribution in [2.45, 2.75) is 38.4 Å². The van der Waals surface area contributed by atoms with Crippen LogP contribution in [0, 0.1) is 0 Å². The van der Waals surface area contributed by atoms with E-state index < -0.39 is 57.7 Å². The van der Waals surface area contributed by atoms with Crippen LogP contribution in [0.25, 0.3) is 0 Å². The molecule has 1 rings (SSSR count). The van der Waals surface area contributed by atoms with E-state index in [1.54, 1.807) is 0 Å². The Hall–Kier alpha value is -2.17. The fourth-order valence-electron chi connectivity index (χ4n) is 2.13. The fraction of sp³-hybridized carbons (Fsp3) is 0.533. The molecule has 0 spiro atoms. The number of rotatable bonds is 6. The topological polar surface area (TPSA) is 77.5 Å². The number of alkyl halides is 6. The minimum atomic E-state index is -5.32. The minimum Gasteiger partial charge on any atom is -0.465 e. The van der Waals surface area contributed by atoms with E-state index in [0.717, 1.165) is 7.11 Å². The maximum absolute atomic E-state index is 13.8. The number of methoxy groups -OCH3 is 1. The third-order valence-corrected chi connectivity index (χ3v) is 3.22. The number of nitrogens with one attached hydrogen (secondary N) is 1. The number of esters is 2. The molecule has 0 amide bonds. The molecule has 1 aromatic heterocycles. The number of hydrogen-bond donors (Lipinski definition) is 1. The van der Waals surface area contributed by atoms with Gasteiger partial charge in [0.05, 0.1) is 19.4 Å². The van der Waals surface area contributed by atoms with Crippen LogP contribution in [0.2, 0.25) is 0 Å². The summed E-state index contributed by atoms with van der Waals surface area (Å²) in [6.45, 7) is 3.92. The Morgan fingerprint density at radius 2 is 1.63 bits per heavy atom. The van der Waals surface area contributed by atoms with E-state index in [2.05, 4.69) is 19.8 Å². The van der Waals surface area contributed by atoms with Crippen molar-refractivity contribution in [3.63, 3.8) is 0 Å². The van der Waals surface area contributed by atoms with Crippen molar-refractivity contribution in [1.82, 2.24) is 4.98 Å². The number of pyridine rings is 1. The predicted octanol–water partition coefficient (Wildman–Crippen LogP) is 4.17. The summed E-state index contributed by atoms with van der Waals surface area (Å²) in [5.74, 6) is -2.96. The number of anilines is 1. The molecular weight excluding hydrogens is 403 g/mol. The summed E-state index contributed by atoms with van der Waals surface area (Å²) in [5, 5.41) is -2.07. The van der Waals surface area contributed by atoms with Crippen LogP contribution in [0.1, 0.15) is 52.9 Å². The van der Waals surface area contributed by atoms with Crippen molar-refractivity contribution in [1.29, 1.82) is 0 Å². The van der Waals surface area contributed by atoms with Crippen LogP contribution in [0.15, 0.2) is 0 Å². The van der Waals surface area contributed by atoms with Crippen molar-refractivity contribution in [2.24, 2.45) is 0 Å². The van der Waals surface area contributed by atoms with Gasteiger partial charge in [-0.3, -0.25) is 0 Å². The number of hydrogen-bond acceptors (Lipinski definition) is 6. The molecule has 27 heavy (non-hydrogen) atoms. The zero-order valence-corrected chi connectivity index (χ0v) is 15.4. The average Bonchev–Trinajstić information content (AvgIpc) is 2.50. The molecule has 0 aliphatic rings. The highest BCUT2D eigenvalue weighted by molar-refractivity contribution is 6.22. The molecule has 0 atom stereocenters. The first kappa shape index (κ1) is 22.9. The highest BCUT2D eigenvalue weighted by Gasteiger charge is 2.46. The van der Waals surface area contributed by atoms with Gasteiger partial charge in [-0.05, 0) is 32.4 Å². The molecule has 0 aliphatic heterocycles. The van der Waals surface area contributed by atoms with Crippen molar-refractivity contribution in [2.75, 3.05) is 19.0 Å². The number of ether oxygens (including phenoxy) is 2. The first-order valence-electron chi connectivity index (χ1n) is 7.50. The smallest absolute Gasteiger partial charge is 0.434 e. The standard InChI is InChI=1S/C15H16ClF5N2O4/c1-5-27-13(25)8-9(22-6(2)3)7(12(24)26-4)10(14(16,17)18)23-11(8)15(19,20)21/h6H,5H2,1-4H3,(H,22,23). The summed E-state index contributed by atoms with van der Waals surface area (Å²) in [5.41, 5.74) is -6.83. The van der Waals surface area contributed by atoms with Gasteiger partial charge >= 0.3 is 23.5 Å². The maximum Gasteiger partial charge on any atom is 0.434 e. The van der Waals surface area contributed by atoms with E-state index in [9.17, 15) is 31.5 Å². The highest BCUT2D eigenvalue weighted by atomic mass is 35.5. The Morgan fingerprint density at radius 3 is 2.00 bits per heavy atom. The summed E-state index contributed by atoms with van der Waals surface area (Å²) in [7, 11) is 0.819. The third kappa shape index (κ3) is 5.18. The zero-order chi connectivity index (χ0) is 21.2. The number of carbonyl (C=O) groups is 2. The van der Waals surface area contributed by atoms with E-state index in [-0.39, 0.29) is 6.61 Å². The van der Waals surface area contributed by atoms with Crippen LogP contribution in [-0.2, 0) is 21.0 Å². The van der Waals surface area contributed by atoms with Crippen LogP contribution >= 0.6 is 11.6 Å². The van der Waals surface area contributed by atoms with Gasteiger partial charge in [0.2, 0.25) is 0 Å². The summed E-state index contributed by atoms with van der Waals surface area (Å²) in [4.78, 5) is 27.0. The van der Waals surface area contributed by atoms with Crippen LogP contribution in [-0.4, -0.2) is 36.7 Å². The predicted molar refractivity (Wildman–Crippen MR) is 85.0 cm³/mol. The van der Waals surface area contributed by atoms with Gasteiger partial charge in [-0.2, -0.15) is 22.0 Å². The van der Waals surface area contributed by atoms with Gasteiger partial charge in [0.1, 0.15) is 16.8 Å². The molecule has 6 nitrogen and oxygen atoms in total. The number of aromatic nitrogens is 1. The number of halogens is 6. The van der Waals surface area contributed by atoms with Crippen molar-refractivity contribution in [3.05, 3.63) is 22.5 Å². The Labute approximate surface area is 156 Å². The quantitative estimate of drug-likeness (QED) is 0.424. The molecule has 0 saturated carbocycles. The molecule has 0 unspecified atom stereocenters. The van der Waals surface area contributed by atoms with E-state index in [0.29, 0.717) is 0 Å². The molecule has 0 fully saturated rings. The van der Waals surface area contributed by atoms with E-state index in [4.69, 9.17) is 11.6 Å². The molecule has 0 bridgehead atoms. The van der Waals surface area contributed by atoms with Gasteiger partial charge in [-0.15, -0.1) is 0 Å². The maximum atomic E-state index is 13.8. The summed E-state index contributed by atoms with van der Waals surface area (Å²) >= 11 is 4.87. The SMILES string of the molecule is CCOC(=O)c1c(C(F)(F)F)nc(C(F)(F)Cl)c(C(=O)OC)c1NC(C)C. The zero-order valence-electron chi connectivity index (χ0n) is 14.6. The molecule has 12 heteroatoms. The molecule has 0 radical (unpaired) electrons. The minimum absolute atomic E-state index is 0.307. The number of carbonyl (C=O) groups excluding carboxylic acids is 2. The van der Waals surface area contributed by atoms with E-state index >= 15 is 0 Å². The Balaban J connectivity index is 4.13. The van der Waals surface area contributed by atoms with Crippen molar-refractivity contribution >= 4 is 29.2 Å².